The lowest BCUT2D eigenvalue weighted by Gasteiger charge is -2.71. The van der Waals surface area contributed by atoms with Gasteiger partial charge < -0.3 is 114 Å². The first-order valence-electron chi connectivity index (χ1n) is 27.0. The molecule has 29 atom stereocenters. The molecule has 0 radical (unpaired) electrons. The molecule has 9 aliphatic rings. The lowest BCUT2D eigenvalue weighted by atomic mass is 9.33. The van der Waals surface area contributed by atoms with Gasteiger partial charge in [0.25, 0.3) is 0 Å². The fraction of sp³-hybridized carbons (Fsp3) is 0.942. The van der Waals surface area contributed by atoms with Crippen LogP contribution >= 0.6 is 0 Å². The van der Waals surface area contributed by atoms with Crippen LogP contribution in [0, 0.1) is 56.7 Å². The van der Waals surface area contributed by atoms with Crippen LogP contribution in [0.5, 0.6) is 0 Å². The molecule has 5 aliphatic carbocycles. The average Bonchev–Trinajstić information content (AvgIpc) is 3.57. The lowest BCUT2D eigenvalue weighted by molar-refractivity contribution is -0.368. The van der Waals surface area contributed by atoms with Gasteiger partial charge in [-0.2, -0.15) is 0 Å². The van der Waals surface area contributed by atoms with Crippen LogP contribution in [0.1, 0.15) is 86.5 Å². The average molecular weight is 1090 g/mol. The quantitative estimate of drug-likeness (QED) is 0.0533. The zero-order chi connectivity index (χ0) is 55.5. The van der Waals surface area contributed by atoms with Gasteiger partial charge >= 0.3 is 5.97 Å². The van der Waals surface area contributed by atoms with Crippen LogP contribution in [0.3, 0.4) is 0 Å². The van der Waals surface area contributed by atoms with Crippen molar-refractivity contribution in [1.29, 1.82) is 0 Å². The van der Waals surface area contributed by atoms with E-state index >= 15 is 0 Å². The van der Waals surface area contributed by atoms with E-state index in [2.05, 4.69) is 26.8 Å². The van der Waals surface area contributed by atoms with Gasteiger partial charge in [-0.3, -0.25) is 4.79 Å². The fourth-order valence-corrected chi connectivity index (χ4v) is 16.4. The molecule has 4 saturated carbocycles. The Morgan fingerprint density at radius 2 is 1.22 bits per heavy atom. The molecule has 24 heteroatoms. The van der Waals surface area contributed by atoms with Crippen LogP contribution in [-0.4, -0.2) is 245 Å². The normalized spacial score (nSPS) is 54.0. The van der Waals surface area contributed by atoms with Crippen molar-refractivity contribution in [3.63, 3.8) is 0 Å². The molecule has 4 aliphatic heterocycles. The van der Waals surface area contributed by atoms with Crippen molar-refractivity contribution in [2.45, 2.75) is 215 Å². The summed E-state index contributed by atoms with van der Waals surface area (Å²) in [5.74, 6) is -3.24. The summed E-state index contributed by atoms with van der Waals surface area (Å²) in [6.45, 7) is 9.15. The van der Waals surface area contributed by atoms with Crippen molar-refractivity contribution < 1.29 is 119 Å². The standard InChI is InChI=1S/C52H84O24/c1-20-40(73-44-37(65)32(60)26(58)16-69-44)36(64)39(67)45(71-20)74-41-33(61)27(59)17-70-47(41)76-43(68)22-12-48(2,3)11-21-23-7-8-29-49(4)13-25(57)42(75-46-38(66)35(63)34(62)28(15-53)72-46)52(18-54,19-55)30(49)9-10-50(29,5)51(23,6)14-24(56)31(21)22/h7,20-22,24-42,44-47,53-67H,8-19H2,1-6H3. The van der Waals surface area contributed by atoms with Crippen molar-refractivity contribution in [2.75, 3.05) is 33.0 Å². The Labute approximate surface area is 441 Å². The molecule has 0 bridgehead atoms. The van der Waals surface area contributed by atoms with E-state index in [4.69, 9.17) is 37.9 Å². The van der Waals surface area contributed by atoms with E-state index in [-0.39, 0.29) is 31.3 Å². The number of aliphatic hydroxyl groups excluding tert-OH is 15. The first-order valence-corrected chi connectivity index (χ1v) is 27.0. The first kappa shape index (κ1) is 59.0. The molecule has 8 fully saturated rings. The largest absolute Gasteiger partial charge is 0.432 e. The second-order valence-corrected chi connectivity index (χ2v) is 25.3. The van der Waals surface area contributed by atoms with E-state index in [0.29, 0.717) is 32.1 Å². The van der Waals surface area contributed by atoms with Crippen molar-refractivity contribution in [2.24, 2.45) is 56.7 Å². The number of carbonyl (C=O) groups excluding carboxylic acids is 1. The number of esters is 1. The number of hydrogen-bond donors (Lipinski definition) is 15. The summed E-state index contributed by atoms with van der Waals surface area (Å²) in [7, 11) is 0. The number of carbonyl (C=O) groups is 1. The van der Waals surface area contributed by atoms with Crippen molar-refractivity contribution in [3.05, 3.63) is 11.6 Å². The highest BCUT2D eigenvalue weighted by atomic mass is 16.8. The summed E-state index contributed by atoms with van der Waals surface area (Å²) >= 11 is 0. The van der Waals surface area contributed by atoms with Crippen LogP contribution in [0.4, 0.5) is 0 Å². The highest BCUT2D eigenvalue weighted by Gasteiger charge is 2.72. The second kappa shape index (κ2) is 21.6. The number of hydrogen-bond acceptors (Lipinski definition) is 24. The summed E-state index contributed by atoms with van der Waals surface area (Å²) in [4.78, 5) is 14.8. The van der Waals surface area contributed by atoms with Gasteiger partial charge in [-0.05, 0) is 91.3 Å². The molecule has 436 valence electrons. The van der Waals surface area contributed by atoms with Gasteiger partial charge in [-0.1, -0.05) is 46.3 Å². The SMILES string of the molecule is CC1OC(OC2C(OC(=O)C3CC(C)(C)CC4C5=CCC6C7(C)CC(O)C(OC8OC(CO)C(O)C(O)C8O)C(CO)(CO)C7CCC6(C)C5(C)CC(O)C34)OCC(O)C2O)C(O)C(O)C1OC1OCC(O)C(O)C1O. The summed E-state index contributed by atoms with van der Waals surface area (Å²) in [5, 5.41) is 164. The molecule has 4 heterocycles. The zero-order valence-electron chi connectivity index (χ0n) is 44.0. The van der Waals surface area contributed by atoms with E-state index < -0.39 is 206 Å². The molecule has 24 nitrogen and oxygen atoms in total. The molecule has 0 aromatic rings. The van der Waals surface area contributed by atoms with E-state index in [1.165, 1.54) is 6.92 Å². The predicted octanol–water partition coefficient (Wildman–Crippen LogP) is -3.99. The topological polar surface area (TPSA) is 394 Å². The van der Waals surface area contributed by atoms with Gasteiger partial charge in [0.1, 0.15) is 73.2 Å². The third-order valence-corrected chi connectivity index (χ3v) is 20.5. The second-order valence-electron chi connectivity index (χ2n) is 25.3. The Kier molecular flexibility index (Phi) is 16.7. The van der Waals surface area contributed by atoms with Crippen LogP contribution in [0.15, 0.2) is 11.6 Å². The number of allylic oxidation sites excluding steroid dienone is 2. The summed E-state index contributed by atoms with van der Waals surface area (Å²) in [5.41, 5.74) is -2.81. The Bertz CT molecular complexity index is 2080. The highest BCUT2D eigenvalue weighted by Crippen LogP contribution is 2.75. The maximum atomic E-state index is 14.8. The Morgan fingerprint density at radius 1 is 0.618 bits per heavy atom. The number of rotatable bonds is 11. The minimum absolute atomic E-state index is 0.148. The molecule has 4 saturated heterocycles. The minimum Gasteiger partial charge on any atom is -0.432 e. The summed E-state index contributed by atoms with van der Waals surface area (Å²) < 4.78 is 46.7. The molecule has 29 unspecified atom stereocenters. The van der Waals surface area contributed by atoms with Crippen molar-refractivity contribution >= 4 is 5.97 Å². The van der Waals surface area contributed by atoms with Crippen LogP contribution in [0.25, 0.3) is 0 Å². The molecule has 0 amide bonds. The minimum atomic E-state index is -1.89. The Morgan fingerprint density at radius 3 is 1.88 bits per heavy atom. The maximum absolute atomic E-state index is 14.8. The van der Waals surface area contributed by atoms with Gasteiger partial charge in [0.15, 0.2) is 25.0 Å². The van der Waals surface area contributed by atoms with Gasteiger partial charge in [0.05, 0.1) is 63.4 Å². The van der Waals surface area contributed by atoms with Crippen molar-refractivity contribution in [3.8, 4) is 0 Å². The molecule has 0 aromatic heterocycles. The van der Waals surface area contributed by atoms with Gasteiger partial charge in [0, 0.05) is 11.3 Å². The Balaban J connectivity index is 0.933. The van der Waals surface area contributed by atoms with Gasteiger partial charge in [0.2, 0.25) is 6.29 Å². The van der Waals surface area contributed by atoms with E-state index in [1.807, 2.05) is 13.8 Å². The van der Waals surface area contributed by atoms with E-state index in [9.17, 15) is 81.4 Å². The zero-order valence-corrected chi connectivity index (χ0v) is 44.0. The molecule has 9 rings (SSSR count). The molecular weight excluding hydrogens is 1010 g/mol. The third kappa shape index (κ3) is 9.55. The molecule has 76 heavy (non-hydrogen) atoms. The third-order valence-electron chi connectivity index (χ3n) is 20.5. The van der Waals surface area contributed by atoms with Crippen LogP contribution < -0.4 is 0 Å². The predicted molar refractivity (Wildman–Crippen MR) is 255 cm³/mol. The number of fused-ring (bicyclic) bond motifs is 7. The smallest absolute Gasteiger partial charge is 0.311 e. The monoisotopic (exact) mass is 1090 g/mol. The fourth-order valence-electron chi connectivity index (χ4n) is 16.4. The highest BCUT2D eigenvalue weighted by molar-refractivity contribution is 5.73. The molecule has 0 spiro atoms. The van der Waals surface area contributed by atoms with E-state index in [0.717, 1.165) is 5.57 Å². The number of ether oxygens (including phenoxy) is 8. The van der Waals surface area contributed by atoms with Crippen LogP contribution in [-0.2, 0) is 42.7 Å². The molecular formula is C52H84O24. The van der Waals surface area contributed by atoms with Gasteiger partial charge in [-0.25, -0.2) is 0 Å². The Hall–Kier alpha value is -1.67. The van der Waals surface area contributed by atoms with E-state index in [1.54, 1.807) is 0 Å². The summed E-state index contributed by atoms with van der Waals surface area (Å²) in [6.07, 6.45) is -27.4. The summed E-state index contributed by atoms with van der Waals surface area (Å²) in [6, 6.07) is 0. The molecule has 15 N–H and O–H groups in total. The van der Waals surface area contributed by atoms with Gasteiger partial charge in [-0.15, -0.1) is 0 Å². The molecule has 0 aromatic carbocycles. The first-order chi connectivity index (χ1) is 35.6. The van der Waals surface area contributed by atoms with Crippen LogP contribution in [0.2, 0.25) is 0 Å². The lowest BCUT2D eigenvalue weighted by Crippen LogP contribution is -2.71. The maximum Gasteiger partial charge on any atom is 0.311 e. The number of aliphatic hydroxyl groups is 15. The van der Waals surface area contributed by atoms with Crippen molar-refractivity contribution in [1.82, 2.24) is 0 Å².